The summed E-state index contributed by atoms with van der Waals surface area (Å²) in [5.41, 5.74) is 2.27. The standard InChI is InChI=1S/C15H22N2O2/c1-11-4-5-14(13(10-11)15(18)19)17-8-6-12(7-9-17)16(2)3/h4-5,10,12H,6-9H2,1-3H3,(H,18,19). The highest BCUT2D eigenvalue weighted by Crippen LogP contribution is 2.26. The van der Waals surface area contributed by atoms with Gasteiger partial charge in [-0.2, -0.15) is 0 Å². The van der Waals surface area contributed by atoms with Gasteiger partial charge in [0.2, 0.25) is 0 Å². The molecule has 0 aliphatic carbocycles. The maximum Gasteiger partial charge on any atom is 0.337 e. The minimum Gasteiger partial charge on any atom is -0.478 e. The molecule has 1 aromatic carbocycles. The first-order chi connectivity index (χ1) is 8.99. The number of carboxylic acids is 1. The number of nitrogens with zero attached hydrogens (tertiary/aromatic N) is 2. The summed E-state index contributed by atoms with van der Waals surface area (Å²) in [5, 5.41) is 9.33. The lowest BCUT2D eigenvalue weighted by molar-refractivity contribution is 0.0697. The Morgan fingerprint density at radius 3 is 2.47 bits per heavy atom. The summed E-state index contributed by atoms with van der Waals surface area (Å²) >= 11 is 0. The number of anilines is 1. The molecule has 1 aliphatic heterocycles. The van der Waals surface area contributed by atoms with E-state index < -0.39 is 5.97 Å². The summed E-state index contributed by atoms with van der Waals surface area (Å²) in [7, 11) is 4.21. The maximum absolute atomic E-state index is 11.4. The molecule has 0 unspecified atom stereocenters. The minimum absolute atomic E-state index is 0.420. The second-order valence-corrected chi connectivity index (χ2v) is 5.51. The van der Waals surface area contributed by atoms with Crippen LogP contribution in [0, 0.1) is 6.92 Å². The highest BCUT2D eigenvalue weighted by Gasteiger charge is 2.23. The Labute approximate surface area is 114 Å². The lowest BCUT2D eigenvalue weighted by Gasteiger charge is -2.37. The van der Waals surface area contributed by atoms with Gasteiger partial charge in [0.25, 0.3) is 0 Å². The molecule has 4 heteroatoms. The van der Waals surface area contributed by atoms with Gasteiger partial charge in [0.1, 0.15) is 0 Å². The first kappa shape index (κ1) is 13.9. The van der Waals surface area contributed by atoms with Crippen LogP contribution in [0.4, 0.5) is 5.69 Å². The molecule has 1 fully saturated rings. The molecule has 1 N–H and O–H groups in total. The zero-order chi connectivity index (χ0) is 14.0. The average Bonchev–Trinajstić information content (AvgIpc) is 2.38. The van der Waals surface area contributed by atoms with Crippen LogP contribution in [0.15, 0.2) is 18.2 Å². The largest absolute Gasteiger partial charge is 0.478 e. The summed E-state index contributed by atoms with van der Waals surface area (Å²) in [4.78, 5) is 15.8. The van der Waals surface area contributed by atoms with Crippen LogP contribution in [-0.2, 0) is 0 Å². The van der Waals surface area contributed by atoms with E-state index in [1.54, 1.807) is 6.07 Å². The molecule has 0 bridgehead atoms. The summed E-state index contributed by atoms with van der Waals surface area (Å²) < 4.78 is 0. The van der Waals surface area contributed by atoms with Gasteiger partial charge in [-0.05, 0) is 46.0 Å². The first-order valence-corrected chi connectivity index (χ1v) is 6.74. The Bertz CT molecular complexity index is 463. The highest BCUT2D eigenvalue weighted by atomic mass is 16.4. The number of aryl methyl sites for hydroxylation is 1. The maximum atomic E-state index is 11.4. The molecule has 19 heavy (non-hydrogen) atoms. The number of aromatic carboxylic acids is 1. The monoisotopic (exact) mass is 262 g/mol. The van der Waals surface area contributed by atoms with E-state index in [2.05, 4.69) is 23.9 Å². The van der Waals surface area contributed by atoms with E-state index >= 15 is 0 Å². The topological polar surface area (TPSA) is 43.8 Å². The SMILES string of the molecule is Cc1ccc(N2CCC(N(C)C)CC2)c(C(=O)O)c1. The first-order valence-electron chi connectivity index (χ1n) is 6.74. The van der Waals surface area contributed by atoms with Gasteiger partial charge < -0.3 is 14.9 Å². The second kappa shape index (κ2) is 5.61. The molecular formula is C15H22N2O2. The molecule has 1 heterocycles. The number of carboxylic acid groups (broad SMARTS) is 1. The molecule has 1 aliphatic rings. The average molecular weight is 262 g/mol. The molecule has 0 amide bonds. The third kappa shape index (κ3) is 3.07. The van der Waals surface area contributed by atoms with Crippen molar-refractivity contribution in [1.82, 2.24) is 4.90 Å². The molecular weight excluding hydrogens is 240 g/mol. The van der Waals surface area contributed by atoms with Crippen molar-refractivity contribution in [2.45, 2.75) is 25.8 Å². The number of carbonyl (C=O) groups is 1. The lowest BCUT2D eigenvalue weighted by atomic mass is 10.0. The van der Waals surface area contributed by atoms with Crippen LogP contribution < -0.4 is 4.90 Å². The van der Waals surface area contributed by atoms with Crippen molar-refractivity contribution < 1.29 is 9.90 Å². The van der Waals surface area contributed by atoms with Crippen LogP contribution in [0.1, 0.15) is 28.8 Å². The van der Waals surface area contributed by atoms with Gasteiger partial charge in [0, 0.05) is 19.1 Å². The normalized spacial score (nSPS) is 16.9. The fourth-order valence-corrected chi connectivity index (χ4v) is 2.72. The number of hydrogen-bond acceptors (Lipinski definition) is 3. The lowest BCUT2D eigenvalue weighted by Crippen LogP contribution is -2.42. The molecule has 1 saturated heterocycles. The van der Waals surface area contributed by atoms with Crippen LogP contribution in [0.3, 0.4) is 0 Å². The number of rotatable bonds is 3. The van der Waals surface area contributed by atoms with Gasteiger partial charge >= 0.3 is 5.97 Å². The number of hydrogen-bond donors (Lipinski definition) is 1. The van der Waals surface area contributed by atoms with Gasteiger partial charge in [0.05, 0.1) is 11.3 Å². The van der Waals surface area contributed by atoms with Crippen LogP contribution in [0.5, 0.6) is 0 Å². The fourth-order valence-electron chi connectivity index (χ4n) is 2.72. The summed E-state index contributed by atoms with van der Waals surface area (Å²) in [6.45, 7) is 3.77. The molecule has 0 aromatic heterocycles. The Balaban J connectivity index is 2.17. The summed E-state index contributed by atoms with van der Waals surface area (Å²) in [6.07, 6.45) is 2.17. The van der Waals surface area contributed by atoms with Crippen LogP contribution in [0.2, 0.25) is 0 Å². The van der Waals surface area contributed by atoms with E-state index in [9.17, 15) is 9.90 Å². The molecule has 0 spiro atoms. The minimum atomic E-state index is -0.839. The predicted molar refractivity (Wildman–Crippen MR) is 77.1 cm³/mol. The highest BCUT2D eigenvalue weighted by molar-refractivity contribution is 5.94. The molecule has 0 radical (unpaired) electrons. The van der Waals surface area contributed by atoms with E-state index in [1.165, 1.54) is 0 Å². The van der Waals surface area contributed by atoms with E-state index in [1.807, 2.05) is 19.1 Å². The Kier molecular flexibility index (Phi) is 4.10. The van der Waals surface area contributed by atoms with Crippen molar-refractivity contribution in [3.63, 3.8) is 0 Å². The third-order valence-corrected chi connectivity index (χ3v) is 3.92. The molecule has 0 saturated carbocycles. The van der Waals surface area contributed by atoms with Gasteiger partial charge in [-0.3, -0.25) is 0 Å². The predicted octanol–water partition coefficient (Wildman–Crippen LogP) is 2.22. The molecule has 104 valence electrons. The van der Waals surface area contributed by atoms with Crippen LogP contribution in [0.25, 0.3) is 0 Å². The summed E-state index contributed by atoms with van der Waals surface area (Å²) in [6, 6.07) is 6.29. The Morgan fingerprint density at radius 2 is 1.95 bits per heavy atom. The van der Waals surface area contributed by atoms with E-state index in [-0.39, 0.29) is 0 Å². The third-order valence-electron chi connectivity index (χ3n) is 3.92. The zero-order valence-electron chi connectivity index (χ0n) is 11.9. The summed E-state index contributed by atoms with van der Waals surface area (Å²) in [5.74, 6) is -0.839. The van der Waals surface area contributed by atoms with E-state index in [0.29, 0.717) is 11.6 Å². The molecule has 2 rings (SSSR count). The van der Waals surface area contributed by atoms with Crippen molar-refractivity contribution in [2.75, 3.05) is 32.1 Å². The van der Waals surface area contributed by atoms with Crippen LogP contribution in [-0.4, -0.2) is 49.2 Å². The zero-order valence-corrected chi connectivity index (χ0v) is 11.9. The van der Waals surface area contributed by atoms with E-state index in [0.717, 1.165) is 37.2 Å². The number of piperidine rings is 1. The van der Waals surface area contributed by atoms with Crippen molar-refractivity contribution in [1.29, 1.82) is 0 Å². The van der Waals surface area contributed by atoms with Crippen LogP contribution >= 0.6 is 0 Å². The van der Waals surface area contributed by atoms with Crippen molar-refractivity contribution in [3.8, 4) is 0 Å². The fraction of sp³-hybridized carbons (Fsp3) is 0.533. The van der Waals surface area contributed by atoms with Gasteiger partial charge in [-0.15, -0.1) is 0 Å². The number of benzene rings is 1. The Morgan fingerprint density at radius 1 is 1.32 bits per heavy atom. The van der Waals surface area contributed by atoms with E-state index in [4.69, 9.17) is 0 Å². The smallest absolute Gasteiger partial charge is 0.337 e. The van der Waals surface area contributed by atoms with Gasteiger partial charge in [-0.1, -0.05) is 11.6 Å². The molecule has 4 nitrogen and oxygen atoms in total. The van der Waals surface area contributed by atoms with Gasteiger partial charge in [0.15, 0.2) is 0 Å². The van der Waals surface area contributed by atoms with Crippen molar-refractivity contribution >= 4 is 11.7 Å². The second-order valence-electron chi connectivity index (χ2n) is 5.51. The Hall–Kier alpha value is -1.55. The molecule has 1 aromatic rings. The van der Waals surface area contributed by atoms with Gasteiger partial charge in [-0.25, -0.2) is 4.79 Å². The quantitative estimate of drug-likeness (QED) is 0.907. The van der Waals surface area contributed by atoms with Crippen molar-refractivity contribution in [3.05, 3.63) is 29.3 Å². The molecule has 0 atom stereocenters. The van der Waals surface area contributed by atoms with Crippen molar-refractivity contribution in [2.24, 2.45) is 0 Å².